The summed E-state index contributed by atoms with van der Waals surface area (Å²) in [4.78, 5) is 0. The van der Waals surface area contributed by atoms with E-state index in [-0.39, 0.29) is 11.5 Å². The van der Waals surface area contributed by atoms with Crippen molar-refractivity contribution in [1.29, 1.82) is 0 Å². The van der Waals surface area contributed by atoms with Crippen LogP contribution in [0.2, 0.25) is 0 Å². The Morgan fingerprint density at radius 3 is 2.63 bits per heavy atom. The molecule has 0 aromatic carbocycles. The van der Waals surface area contributed by atoms with Gasteiger partial charge in [0.15, 0.2) is 0 Å². The summed E-state index contributed by atoms with van der Waals surface area (Å²) in [6.45, 7) is 9.00. The molecule has 0 spiro atoms. The van der Waals surface area contributed by atoms with Gasteiger partial charge in [0.2, 0.25) is 10.0 Å². The Morgan fingerprint density at radius 1 is 1.47 bits per heavy atom. The van der Waals surface area contributed by atoms with Gasteiger partial charge in [0, 0.05) is 18.6 Å². The van der Waals surface area contributed by atoms with Crippen LogP contribution in [0.25, 0.3) is 0 Å². The lowest BCUT2D eigenvalue weighted by molar-refractivity contribution is 0.556. The predicted octanol–water partition coefficient (Wildman–Crippen LogP) is 2.32. The van der Waals surface area contributed by atoms with Crippen LogP contribution < -0.4 is 10.0 Å². The number of hydrogen-bond donors (Lipinski definition) is 2. The molecule has 4 nitrogen and oxygen atoms in total. The van der Waals surface area contributed by atoms with E-state index in [9.17, 15) is 8.42 Å². The molecule has 0 aliphatic heterocycles. The lowest BCUT2D eigenvalue weighted by Crippen LogP contribution is -2.28. The molecule has 1 atom stereocenters. The minimum atomic E-state index is -3.35. The van der Waals surface area contributed by atoms with Crippen LogP contribution in [-0.4, -0.2) is 20.5 Å². The van der Waals surface area contributed by atoms with E-state index in [0.717, 1.165) is 12.0 Å². The molecule has 1 unspecified atom stereocenters. The van der Waals surface area contributed by atoms with Gasteiger partial charge in [-0.2, -0.15) is 0 Å². The maximum atomic E-state index is 12.2. The molecule has 1 aliphatic rings. The highest BCUT2D eigenvalue weighted by molar-refractivity contribution is 7.91. The van der Waals surface area contributed by atoms with Crippen LogP contribution in [0.4, 0.5) is 0 Å². The fourth-order valence-electron chi connectivity index (χ4n) is 1.82. The Morgan fingerprint density at radius 2 is 2.11 bits per heavy atom. The monoisotopic (exact) mass is 302 g/mol. The zero-order chi connectivity index (χ0) is 14.3. The summed E-state index contributed by atoms with van der Waals surface area (Å²) in [6, 6.07) is 2.24. The molecule has 1 fully saturated rings. The Kier molecular flexibility index (Phi) is 4.07. The molecule has 6 heteroatoms. The van der Waals surface area contributed by atoms with Crippen LogP contribution in [0.1, 0.15) is 39.7 Å². The fourth-order valence-corrected chi connectivity index (χ4v) is 4.46. The molecule has 0 saturated heterocycles. The number of rotatable bonds is 6. The summed E-state index contributed by atoms with van der Waals surface area (Å²) in [5, 5.41) is 5.19. The van der Waals surface area contributed by atoms with Crippen molar-refractivity contribution in [2.45, 2.75) is 57.0 Å². The second-order valence-electron chi connectivity index (χ2n) is 6.18. The molecule has 1 aromatic rings. The van der Waals surface area contributed by atoms with E-state index in [1.165, 1.54) is 11.3 Å². The van der Waals surface area contributed by atoms with Crippen LogP contribution in [0.15, 0.2) is 15.7 Å². The fraction of sp³-hybridized carbons (Fsp3) is 0.692. The molecule has 0 amide bonds. The highest BCUT2D eigenvalue weighted by atomic mass is 32.2. The second-order valence-corrected chi connectivity index (χ2v) is 9.03. The summed E-state index contributed by atoms with van der Waals surface area (Å²) in [5.74, 6) is 0. The van der Waals surface area contributed by atoms with Gasteiger partial charge in [0.1, 0.15) is 4.21 Å². The van der Waals surface area contributed by atoms with Gasteiger partial charge >= 0.3 is 0 Å². The molecule has 2 rings (SSSR count). The third-order valence-electron chi connectivity index (χ3n) is 3.42. The standard InChI is InChI=1S/C13H22N2O2S2/c1-9(2)14-7-10-5-12(18-8-10)19(16,17)15-11-6-13(11,3)4/h5,8-9,11,14-15H,6-7H2,1-4H3. The smallest absolute Gasteiger partial charge is 0.250 e. The zero-order valence-corrected chi connectivity index (χ0v) is 13.5. The van der Waals surface area contributed by atoms with Crippen molar-refractivity contribution in [1.82, 2.24) is 10.0 Å². The van der Waals surface area contributed by atoms with Crippen molar-refractivity contribution in [3.05, 3.63) is 17.0 Å². The normalized spacial score (nSPS) is 21.8. The summed E-state index contributed by atoms with van der Waals surface area (Å²) in [6.07, 6.45) is 0.916. The van der Waals surface area contributed by atoms with E-state index in [0.29, 0.717) is 16.8 Å². The zero-order valence-electron chi connectivity index (χ0n) is 11.9. The van der Waals surface area contributed by atoms with Crippen LogP contribution in [0.3, 0.4) is 0 Å². The molecule has 0 radical (unpaired) electrons. The molecule has 108 valence electrons. The molecule has 1 heterocycles. The van der Waals surface area contributed by atoms with E-state index in [2.05, 4.69) is 37.7 Å². The Labute approximate surface area is 119 Å². The molecule has 19 heavy (non-hydrogen) atoms. The average Bonchev–Trinajstić information content (AvgIpc) is 2.73. The van der Waals surface area contributed by atoms with Gasteiger partial charge in [-0.3, -0.25) is 0 Å². The number of hydrogen-bond acceptors (Lipinski definition) is 4. The lowest BCUT2D eigenvalue weighted by Gasteiger charge is -2.06. The largest absolute Gasteiger partial charge is 0.310 e. The molecule has 1 saturated carbocycles. The second kappa shape index (κ2) is 5.16. The van der Waals surface area contributed by atoms with Crippen molar-refractivity contribution in [2.75, 3.05) is 0 Å². The maximum Gasteiger partial charge on any atom is 0.250 e. The van der Waals surface area contributed by atoms with Gasteiger partial charge in [0.05, 0.1) is 0 Å². The minimum absolute atomic E-state index is 0.0804. The first-order valence-corrected chi connectivity index (χ1v) is 8.90. The van der Waals surface area contributed by atoms with E-state index in [1.807, 2.05) is 5.38 Å². The minimum Gasteiger partial charge on any atom is -0.310 e. The number of nitrogens with one attached hydrogen (secondary N) is 2. The van der Waals surface area contributed by atoms with Crippen molar-refractivity contribution in [2.24, 2.45) is 5.41 Å². The molecular formula is C13H22N2O2S2. The topological polar surface area (TPSA) is 58.2 Å². The molecule has 1 aliphatic carbocycles. The SMILES string of the molecule is CC(C)NCc1csc(S(=O)(=O)NC2CC2(C)C)c1. The molecule has 0 bridgehead atoms. The van der Waals surface area contributed by atoms with Crippen LogP contribution in [0, 0.1) is 5.41 Å². The van der Waals surface area contributed by atoms with Gasteiger partial charge in [-0.15, -0.1) is 11.3 Å². The van der Waals surface area contributed by atoms with Gasteiger partial charge in [-0.05, 0) is 28.8 Å². The Hall–Kier alpha value is -0.430. The van der Waals surface area contributed by atoms with Crippen molar-refractivity contribution < 1.29 is 8.42 Å². The van der Waals surface area contributed by atoms with E-state index < -0.39 is 10.0 Å². The van der Waals surface area contributed by atoms with E-state index in [1.54, 1.807) is 6.07 Å². The average molecular weight is 302 g/mol. The van der Waals surface area contributed by atoms with Crippen molar-refractivity contribution >= 4 is 21.4 Å². The van der Waals surface area contributed by atoms with Gasteiger partial charge < -0.3 is 5.32 Å². The molecule has 2 N–H and O–H groups in total. The maximum absolute atomic E-state index is 12.2. The predicted molar refractivity (Wildman–Crippen MR) is 78.8 cm³/mol. The first-order valence-electron chi connectivity index (χ1n) is 6.54. The summed E-state index contributed by atoms with van der Waals surface area (Å²) >= 11 is 1.29. The van der Waals surface area contributed by atoms with E-state index >= 15 is 0 Å². The summed E-state index contributed by atoms with van der Waals surface area (Å²) in [5.41, 5.74) is 1.13. The summed E-state index contributed by atoms with van der Waals surface area (Å²) in [7, 11) is -3.35. The van der Waals surface area contributed by atoms with Gasteiger partial charge in [-0.1, -0.05) is 27.7 Å². The summed E-state index contributed by atoms with van der Waals surface area (Å²) < 4.78 is 27.6. The first kappa shape index (κ1) is 15.0. The number of sulfonamides is 1. The Balaban J connectivity index is 2.01. The van der Waals surface area contributed by atoms with Crippen LogP contribution in [-0.2, 0) is 16.6 Å². The Bertz CT molecular complexity index is 547. The molecule has 1 aromatic heterocycles. The third kappa shape index (κ3) is 3.78. The van der Waals surface area contributed by atoms with Crippen molar-refractivity contribution in [3.8, 4) is 0 Å². The highest BCUT2D eigenvalue weighted by Gasteiger charge is 2.48. The van der Waals surface area contributed by atoms with Crippen LogP contribution >= 0.6 is 11.3 Å². The highest BCUT2D eigenvalue weighted by Crippen LogP contribution is 2.45. The first-order chi connectivity index (χ1) is 8.71. The lowest BCUT2D eigenvalue weighted by atomic mass is 10.2. The van der Waals surface area contributed by atoms with E-state index in [4.69, 9.17) is 0 Å². The molecular weight excluding hydrogens is 280 g/mol. The number of thiophene rings is 1. The van der Waals surface area contributed by atoms with Gasteiger partial charge in [0.25, 0.3) is 0 Å². The van der Waals surface area contributed by atoms with Crippen molar-refractivity contribution in [3.63, 3.8) is 0 Å². The quantitative estimate of drug-likeness (QED) is 0.848. The van der Waals surface area contributed by atoms with Gasteiger partial charge in [-0.25, -0.2) is 13.1 Å². The van der Waals surface area contributed by atoms with Crippen LogP contribution in [0.5, 0.6) is 0 Å². The third-order valence-corrected chi connectivity index (χ3v) is 6.38.